The molecule has 250 valence electrons. The van der Waals surface area contributed by atoms with Crippen molar-refractivity contribution in [1.29, 1.82) is 0 Å². The van der Waals surface area contributed by atoms with Crippen LogP contribution >= 0.6 is 0 Å². The molecule has 0 heterocycles. The van der Waals surface area contributed by atoms with Crippen molar-refractivity contribution in [2.75, 3.05) is 13.2 Å². The highest BCUT2D eigenvalue weighted by Gasteiger charge is 2.20. The number of carbonyl (C=O) groups excluding carboxylic acids is 2. The second-order valence-corrected chi connectivity index (χ2v) is 13.2. The van der Waals surface area contributed by atoms with Crippen molar-refractivity contribution in [3.8, 4) is 0 Å². The van der Waals surface area contributed by atoms with Gasteiger partial charge in [0.15, 0.2) is 0 Å². The molecule has 0 bridgehead atoms. The molecule has 4 atom stereocenters. The third kappa shape index (κ3) is 23.4. The third-order valence-electron chi connectivity index (χ3n) is 9.27. The summed E-state index contributed by atoms with van der Waals surface area (Å²) in [6.07, 6.45) is 27.2. The van der Waals surface area contributed by atoms with Gasteiger partial charge < -0.3 is 9.47 Å². The number of ether oxygens (including phenoxy) is 2. The summed E-state index contributed by atoms with van der Waals surface area (Å²) in [6.45, 7) is 14.8. The Balaban J connectivity index is 4.30. The monoisotopic (exact) mass is 595 g/mol. The van der Waals surface area contributed by atoms with E-state index in [-0.39, 0.29) is 11.9 Å². The molecule has 0 aliphatic rings. The Hall–Kier alpha value is -1.06. The molecule has 0 aliphatic carbocycles. The van der Waals surface area contributed by atoms with Crippen LogP contribution in [0.3, 0.4) is 0 Å². The molecule has 42 heavy (non-hydrogen) atoms. The number of hydrogen-bond acceptors (Lipinski definition) is 4. The highest BCUT2D eigenvalue weighted by Crippen LogP contribution is 2.31. The Kier molecular flexibility index (Phi) is 29.2. The fourth-order valence-electron chi connectivity index (χ4n) is 6.57. The molecular weight excluding hydrogens is 520 g/mol. The predicted octanol–water partition coefficient (Wildman–Crippen LogP) is 12.0. The molecular formula is C38H74O4. The van der Waals surface area contributed by atoms with Crippen molar-refractivity contribution in [3.63, 3.8) is 0 Å². The lowest BCUT2D eigenvalue weighted by Gasteiger charge is -2.27. The minimum absolute atomic E-state index is 0.108. The van der Waals surface area contributed by atoms with Gasteiger partial charge in [-0.3, -0.25) is 9.59 Å². The van der Waals surface area contributed by atoms with Crippen molar-refractivity contribution in [1.82, 2.24) is 0 Å². The van der Waals surface area contributed by atoms with E-state index in [4.69, 9.17) is 9.47 Å². The van der Waals surface area contributed by atoms with Gasteiger partial charge in [0, 0.05) is 12.8 Å². The molecule has 0 spiro atoms. The van der Waals surface area contributed by atoms with Crippen LogP contribution in [-0.2, 0) is 19.1 Å². The number of hydrogen-bond donors (Lipinski definition) is 0. The van der Waals surface area contributed by atoms with E-state index in [1.54, 1.807) is 0 Å². The van der Waals surface area contributed by atoms with Crippen molar-refractivity contribution in [2.24, 2.45) is 23.7 Å². The molecule has 0 saturated carbocycles. The van der Waals surface area contributed by atoms with E-state index in [9.17, 15) is 9.59 Å². The van der Waals surface area contributed by atoms with E-state index in [2.05, 4.69) is 41.5 Å². The second-order valence-electron chi connectivity index (χ2n) is 13.2. The van der Waals surface area contributed by atoms with E-state index in [1.807, 2.05) is 0 Å². The maximum absolute atomic E-state index is 12.4. The minimum atomic E-state index is -0.117. The number of rotatable bonds is 31. The van der Waals surface area contributed by atoms with Crippen molar-refractivity contribution >= 4 is 11.9 Å². The third-order valence-corrected chi connectivity index (χ3v) is 9.27. The molecule has 4 heteroatoms. The first-order valence-electron chi connectivity index (χ1n) is 18.8. The van der Waals surface area contributed by atoms with Gasteiger partial charge in [0.05, 0.1) is 13.2 Å². The lowest BCUT2D eigenvalue weighted by atomic mass is 9.79. The summed E-state index contributed by atoms with van der Waals surface area (Å²) < 4.78 is 11.3. The Morgan fingerprint density at radius 2 is 0.881 bits per heavy atom. The van der Waals surface area contributed by atoms with Crippen LogP contribution in [-0.4, -0.2) is 25.2 Å². The van der Waals surface area contributed by atoms with Gasteiger partial charge >= 0.3 is 11.9 Å². The molecule has 0 N–H and O–H groups in total. The minimum Gasteiger partial charge on any atom is -0.466 e. The van der Waals surface area contributed by atoms with Gasteiger partial charge in [-0.05, 0) is 62.2 Å². The Bertz CT molecular complexity index is 604. The van der Waals surface area contributed by atoms with Gasteiger partial charge in [-0.2, -0.15) is 0 Å². The van der Waals surface area contributed by atoms with Crippen LogP contribution in [0.25, 0.3) is 0 Å². The average Bonchev–Trinajstić information content (AvgIpc) is 2.99. The van der Waals surface area contributed by atoms with E-state index < -0.39 is 0 Å². The van der Waals surface area contributed by atoms with E-state index in [0.29, 0.717) is 44.8 Å². The molecule has 0 radical (unpaired) electrons. The van der Waals surface area contributed by atoms with Gasteiger partial charge in [-0.1, -0.05) is 144 Å². The van der Waals surface area contributed by atoms with E-state index >= 15 is 0 Å². The molecule has 4 nitrogen and oxygen atoms in total. The predicted molar refractivity (Wildman–Crippen MR) is 181 cm³/mol. The van der Waals surface area contributed by atoms with E-state index in [0.717, 1.165) is 30.6 Å². The number of unbranched alkanes of at least 4 members (excludes halogenated alkanes) is 5. The highest BCUT2D eigenvalue weighted by molar-refractivity contribution is 5.70. The molecule has 0 rings (SSSR count). The highest BCUT2D eigenvalue weighted by atomic mass is 16.5. The zero-order valence-corrected chi connectivity index (χ0v) is 29.3. The summed E-state index contributed by atoms with van der Waals surface area (Å²) in [5, 5.41) is 0. The summed E-state index contributed by atoms with van der Waals surface area (Å²) in [6, 6.07) is 0. The molecule has 0 aromatic carbocycles. The fourth-order valence-corrected chi connectivity index (χ4v) is 6.57. The van der Waals surface area contributed by atoms with Gasteiger partial charge in [0.2, 0.25) is 0 Å². The standard InChI is InChI=1S/C38H74O4/c1-7-13-22-33(20-11-5)29-30-34(23-14-8-2)32-42-38(40)28-18-17-27-37(39)41-31-19-26-36(25-16-10-4)35(21-12-6)24-15-9-3/h33-36H,7-32H2,1-6H3/t33-,34+,35+,36-/m0/s1. The normalized spacial score (nSPS) is 14.3. The Morgan fingerprint density at radius 1 is 0.429 bits per heavy atom. The smallest absolute Gasteiger partial charge is 0.305 e. The molecule has 0 saturated heterocycles. The van der Waals surface area contributed by atoms with Crippen LogP contribution in [0.5, 0.6) is 0 Å². The largest absolute Gasteiger partial charge is 0.466 e. The molecule has 0 aromatic rings. The zero-order valence-electron chi connectivity index (χ0n) is 29.3. The number of carbonyl (C=O) groups is 2. The van der Waals surface area contributed by atoms with Crippen LogP contribution < -0.4 is 0 Å². The van der Waals surface area contributed by atoms with Crippen LogP contribution in [0.4, 0.5) is 0 Å². The molecule has 0 amide bonds. The van der Waals surface area contributed by atoms with Gasteiger partial charge in [0.1, 0.15) is 0 Å². The summed E-state index contributed by atoms with van der Waals surface area (Å²) in [7, 11) is 0. The molecule has 0 fully saturated rings. The summed E-state index contributed by atoms with van der Waals surface area (Å²) in [5.74, 6) is 2.66. The zero-order chi connectivity index (χ0) is 31.3. The maximum Gasteiger partial charge on any atom is 0.305 e. The molecule has 0 unspecified atom stereocenters. The second kappa shape index (κ2) is 30.0. The summed E-state index contributed by atoms with van der Waals surface area (Å²) >= 11 is 0. The first-order chi connectivity index (χ1) is 20.4. The van der Waals surface area contributed by atoms with Crippen molar-refractivity contribution < 1.29 is 19.1 Å². The maximum atomic E-state index is 12.4. The van der Waals surface area contributed by atoms with Crippen LogP contribution in [0.15, 0.2) is 0 Å². The first-order valence-corrected chi connectivity index (χ1v) is 18.8. The van der Waals surface area contributed by atoms with Crippen LogP contribution in [0, 0.1) is 23.7 Å². The van der Waals surface area contributed by atoms with Gasteiger partial charge in [-0.25, -0.2) is 0 Å². The summed E-state index contributed by atoms with van der Waals surface area (Å²) in [5.41, 5.74) is 0. The first kappa shape index (κ1) is 40.9. The van der Waals surface area contributed by atoms with Gasteiger partial charge in [-0.15, -0.1) is 0 Å². The van der Waals surface area contributed by atoms with Crippen molar-refractivity contribution in [2.45, 2.75) is 196 Å². The number of esters is 2. The van der Waals surface area contributed by atoms with Crippen LogP contribution in [0.2, 0.25) is 0 Å². The van der Waals surface area contributed by atoms with Gasteiger partial charge in [0.25, 0.3) is 0 Å². The summed E-state index contributed by atoms with van der Waals surface area (Å²) in [4.78, 5) is 24.7. The Labute approximate surface area is 263 Å². The van der Waals surface area contributed by atoms with Crippen molar-refractivity contribution in [3.05, 3.63) is 0 Å². The lowest BCUT2D eigenvalue weighted by molar-refractivity contribution is -0.147. The molecule has 0 aromatic heterocycles. The fraction of sp³-hybridized carbons (Fsp3) is 0.947. The molecule has 0 aliphatic heterocycles. The topological polar surface area (TPSA) is 52.6 Å². The average molecular weight is 595 g/mol. The van der Waals surface area contributed by atoms with Crippen LogP contribution in [0.1, 0.15) is 196 Å². The van der Waals surface area contributed by atoms with E-state index in [1.165, 1.54) is 116 Å². The SMILES string of the molecule is CCCC[C@H](CCC)CC[C@@H](CCCC)COC(=O)CCCCC(=O)OCCC[C@H](CCCC)[C@H](CCC)CCCC. The Morgan fingerprint density at radius 3 is 1.43 bits per heavy atom. The quantitative estimate of drug-likeness (QED) is 0.0591. The lowest BCUT2D eigenvalue weighted by Crippen LogP contribution is -2.17.